The van der Waals surface area contributed by atoms with Crippen molar-refractivity contribution in [3.05, 3.63) is 36.7 Å². The number of rotatable bonds is 5. The third-order valence-electron chi connectivity index (χ3n) is 5.38. The second-order valence-electron chi connectivity index (χ2n) is 7.24. The summed E-state index contributed by atoms with van der Waals surface area (Å²) >= 11 is 0. The molecular formula is C21H22N4O3. The molecule has 0 radical (unpaired) electrons. The average Bonchev–Trinajstić information content (AvgIpc) is 3.36. The van der Waals surface area contributed by atoms with Crippen LogP contribution in [0.4, 0.5) is 0 Å². The molecule has 0 spiro atoms. The van der Waals surface area contributed by atoms with Crippen LogP contribution in [0.3, 0.4) is 0 Å². The number of imidazole rings is 1. The largest absolute Gasteiger partial charge is 0.480 e. The van der Waals surface area contributed by atoms with E-state index in [1.165, 1.54) is 32.1 Å². The van der Waals surface area contributed by atoms with Crippen molar-refractivity contribution in [3.8, 4) is 23.2 Å². The maximum atomic E-state index is 6.00. The summed E-state index contributed by atoms with van der Waals surface area (Å²) in [6.45, 7) is 0.718. The molecule has 0 unspecified atom stereocenters. The van der Waals surface area contributed by atoms with Crippen molar-refractivity contribution in [2.75, 3.05) is 13.7 Å². The van der Waals surface area contributed by atoms with Gasteiger partial charge in [0.05, 0.1) is 25.3 Å². The molecule has 144 valence electrons. The van der Waals surface area contributed by atoms with Gasteiger partial charge in [-0.05, 0) is 30.9 Å². The Morgan fingerprint density at radius 3 is 2.89 bits per heavy atom. The fraction of sp³-hybridized carbons (Fsp3) is 0.381. The number of nitrogens with zero attached hydrogens (tertiary/aromatic N) is 4. The molecule has 0 aromatic carbocycles. The summed E-state index contributed by atoms with van der Waals surface area (Å²) in [5.74, 6) is 2.42. The van der Waals surface area contributed by atoms with E-state index in [2.05, 4.69) is 15.1 Å². The van der Waals surface area contributed by atoms with Crippen molar-refractivity contribution in [1.82, 2.24) is 19.6 Å². The first-order chi connectivity index (χ1) is 13.8. The Morgan fingerprint density at radius 1 is 1.14 bits per heavy atom. The molecule has 0 saturated heterocycles. The van der Waals surface area contributed by atoms with Gasteiger partial charge in [0.2, 0.25) is 11.8 Å². The molecule has 0 bridgehead atoms. The molecule has 1 saturated carbocycles. The van der Waals surface area contributed by atoms with Gasteiger partial charge >= 0.3 is 0 Å². The smallest absolute Gasteiger partial charge is 0.231 e. The van der Waals surface area contributed by atoms with E-state index in [9.17, 15) is 0 Å². The van der Waals surface area contributed by atoms with E-state index >= 15 is 0 Å². The van der Waals surface area contributed by atoms with Crippen molar-refractivity contribution in [3.63, 3.8) is 0 Å². The minimum absolute atomic E-state index is 0.533. The first-order valence-electron chi connectivity index (χ1n) is 9.72. The Morgan fingerprint density at radius 2 is 2.04 bits per heavy atom. The molecule has 5 rings (SSSR count). The summed E-state index contributed by atoms with van der Waals surface area (Å²) < 4.78 is 19.1. The maximum absolute atomic E-state index is 6.00. The van der Waals surface area contributed by atoms with Crippen LogP contribution in [0.2, 0.25) is 0 Å². The fourth-order valence-corrected chi connectivity index (χ4v) is 3.89. The van der Waals surface area contributed by atoms with Crippen LogP contribution in [-0.2, 0) is 0 Å². The van der Waals surface area contributed by atoms with Gasteiger partial charge in [-0.25, -0.2) is 14.5 Å². The number of fused-ring (bicyclic) bond motifs is 2. The Kier molecular flexibility index (Phi) is 4.35. The van der Waals surface area contributed by atoms with Crippen molar-refractivity contribution >= 4 is 16.6 Å². The van der Waals surface area contributed by atoms with Gasteiger partial charge < -0.3 is 13.9 Å². The van der Waals surface area contributed by atoms with E-state index in [0.29, 0.717) is 29.0 Å². The van der Waals surface area contributed by atoms with Gasteiger partial charge in [0, 0.05) is 18.3 Å². The quantitative estimate of drug-likeness (QED) is 0.509. The van der Waals surface area contributed by atoms with Crippen LogP contribution < -0.4 is 9.47 Å². The van der Waals surface area contributed by atoms with E-state index in [1.54, 1.807) is 24.0 Å². The van der Waals surface area contributed by atoms with Crippen LogP contribution in [0.1, 0.15) is 32.1 Å². The van der Waals surface area contributed by atoms with Crippen LogP contribution in [0.5, 0.6) is 11.8 Å². The van der Waals surface area contributed by atoms with Gasteiger partial charge in [0.1, 0.15) is 11.3 Å². The zero-order valence-electron chi connectivity index (χ0n) is 15.8. The lowest BCUT2D eigenvalue weighted by atomic mass is 9.90. The van der Waals surface area contributed by atoms with Crippen LogP contribution >= 0.6 is 0 Å². The standard InChI is InChI=1S/C21H22N4O3/c1-26-21-15-11-18(28-17(15)9-10-22-21)16-12-23-19-7-8-20(24-25(16)19)27-13-14-5-3-2-4-6-14/h7-12,14H,2-6,13H2,1H3. The summed E-state index contributed by atoms with van der Waals surface area (Å²) in [5, 5.41) is 5.45. The van der Waals surface area contributed by atoms with Gasteiger partial charge in [-0.2, -0.15) is 0 Å². The number of methoxy groups -OCH3 is 1. The van der Waals surface area contributed by atoms with Crippen molar-refractivity contribution < 1.29 is 13.9 Å². The van der Waals surface area contributed by atoms with Gasteiger partial charge in [-0.1, -0.05) is 19.3 Å². The van der Waals surface area contributed by atoms with Crippen molar-refractivity contribution in [2.45, 2.75) is 32.1 Å². The SMILES string of the molecule is COc1nccc2oc(-c3cnc4ccc(OCC5CCCCC5)nn34)cc12. The highest BCUT2D eigenvalue weighted by molar-refractivity contribution is 5.86. The third kappa shape index (κ3) is 3.06. The molecule has 1 aliphatic carbocycles. The first-order valence-corrected chi connectivity index (χ1v) is 9.72. The molecule has 1 aliphatic rings. The summed E-state index contributed by atoms with van der Waals surface area (Å²) in [6.07, 6.45) is 9.86. The van der Waals surface area contributed by atoms with Gasteiger partial charge in [-0.15, -0.1) is 5.10 Å². The summed E-state index contributed by atoms with van der Waals surface area (Å²) in [5.41, 5.74) is 2.21. The van der Waals surface area contributed by atoms with Gasteiger partial charge in [-0.3, -0.25) is 0 Å². The van der Waals surface area contributed by atoms with Crippen LogP contribution in [-0.4, -0.2) is 33.3 Å². The second kappa shape index (κ2) is 7.14. The normalized spacial score (nSPS) is 15.3. The number of aromatic nitrogens is 4. The minimum Gasteiger partial charge on any atom is -0.480 e. The number of furan rings is 1. The van der Waals surface area contributed by atoms with Crippen LogP contribution in [0.25, 0.3) is 28.1 Å². The van der Waals surface area contributed by atoms with Crippen molar-refractivity contribution in [1.29, 1.82) is 0 Å². The minimum atomic E-state index is 0.533. The number of hydrogen-bond donors (Lipinski definition) is 0. The van der Waals surface area contributed by atoms with E-state index in [-0.39, 0.29) is 0 Å². The lowest BCUT2D eigenvalue weighted by molar-refractivity contribution is 0.201. The molecular weight excluding hydrogens is 356 g/mol. The molecule has 28 heavy (non-hydrogen) atoms. The zero-order chi connectivity index (χ0) is 18.9. The maximum Gasteiger partial charge on any atom is 0.231 e. The highest BCUT2D eigenvalue weighted by Gasteiger charge is 2.17. The van der Waals surface area contributed by atoms with E-state index in [0.717, 1.165) is 23.3 Å². The monoisotopic (exact) mass is 378 g/mol. The highest BCUT2D eigenvalue weighted by atomic mass is 16.5. The molecule has 1 fully saturated rings. The number of hydrogen-bond acceptors (Lipinski definition) is 6. The van der Waals surface area contributed by atoms with Gasteiger partial charge in [0.15, 0.2) is 11.4 Å². The van der Waals surface area contributed by atoms with Crippen molar-refractivity contribution in [2.24, 2.45) is 5.92 Å². The third-order valence-corrected chi connectivity index (χ3v) is 5.38. The summed E-state index contributed by atoms with van der Waals surface area (Å²) in [6, 6.07) is 7.51. The number of pyridine rings is 1. The number of ether oxygens (including phenoxy) is 2. The van der Waals surface area contributed by atoms with E-state index in [1.807, 2.05) is 24.3 Å². The molecule has 7 nitrogen and oxygen atoms in total. The predicted octanol–water partition coefficient (Wildman–Crippen LogP) is 4.51. The van der Waals surface area contributed by atoms with Gasteiger partial charge in [0.25, 0.3) is 0 Å². The van der Waals surface area contributed by atoms with Crippen LogP contribution in [0.15, 0.2) is 41.1 Å². The Balaban J connectivity index is 1.46. The molecule has 0 amide bonds. The Labute approximate surface area is 162 Å². The first kappa shape index (κ1) is 17.0. The summed E-state index contributed by atoms with van der Waals surface area (Å²) in [7, 11) is 1.60. The molecule has 4 heterocycles. The summed E-state index contributed by atoms with van der Waals surface area (Å²) in [4.78, 5) is 8.66. The highest BCUT2D eigenvalue weighted by Crippen LogP contribution is 2.32. The second-order valence-corrected chi connectivity index (χ2v) is 7.24. The average molecular weight is 378 g/mol. The fourth-order valence-electron chi connectivity index (χ4n) is 3.89. The van der Waals surface area contributed by atoms with E-state index in [4.69, 9.17) is 13.9 Å². The topological polar surface area (TPSA) is 74.7 Å². The Hall–Kier alpha value is -3.09. The molecule has 0 atom stereocenters. The molecule has 0 aliphatic heterocycles. The Bertz CT molecular complexity index is 1110. The predicted molar refractivity (Wildman–Crippen MR) is 105 cm³/mol. The molecule has 4 aromatic rings. The zero-order valence-corrected chi connectivity index (χ0v) is 15.8. The lowest BCUT2D eigenvalue weighted by Crippen LogP contribution is -2.16. The molecule has 7 heteroatoms. The van der Waals surface area contributed by atoms with Crippen LogP contribution in [0, 0.1) is 5.92 Å². The molecule has 0 N–H and O–H groups in total. The lowest BCUT2D eigenvalue weighted by Gasteiger charge is -2.21. The molecule has 4 aromatic heterocycles. The van der Waals surface area contributed by atoms with E-state index < -0.39 is 0 Å².